The number of esters is 1. The number of hydrogen-bond acceptors (Lipinski definition) is 3. The van der Waals surface area contributed by atoms with E-state index in [0.29, 0.717) is 11.8 Å². The summed E-state index contributed by atoms with van der Waals surface area (Å²) < 4.78 is 5.23. The van der Waals surface area contributed by atoms with Crippen molar-refractivity contribution >= 4 is 5.97 Å². The van der Waals surface area contributed by atoms with Crippen molar-refractivity contribution < 1.29 is 9.53 Å². The van der Waals surface area contributed by atoms with E-state index in [9.17, 15) is 4.79 Å². The van der Waals surface area contributed by atoms with E-state index in [-0.39, 0.29) is 17.6 Å². The fourth-order valence-electron chi connectivity index (χ4n) is 3.39. The van der Waals surface area contributed by atoms with Crippen molar-refractivity contribution in [3.05, 3.63) is 10.4 Å². The molecule has 0 unspecified atom stereocenters. The molecule has 2 aliphatic carbocycles. The lowest BCUT2D eigenvalue weighted by atomic mass is 9.97. The van der Waals surface area contributed by atoms with Crippen LogP contribution in [0.1, 0.15) is 39.5 Å². The smallest absolute Gasteiger partial charge is 0.302 e. The predicted octanol–water partition coefficient (Wildman–Crippen LogP) is 2.81. The van der Waals surface area contributed by atoms with Gasteiger partial charge in [-0.05, 0) is 43.1 Å². The summed E-state index contributed by atoms with van der Waals surface area (Å²) in [5.41, 5.74) is 8.30. The molecular weight excluding hydrogens is 206 g/mol. The van der Waals surface area contributed by atoms with Crippen LogP contribution in [0.3, 0.4) is 0 Å². The van der Waals surface area contributed by atoms with Crippen LogP contribution in [0.5, 0.6) is 0 Å². The Morgan fingerprint density at radius 1 is 1.44 bits per heavy atom. The molecule has 16 heavy (non-hydrogen) atoms. The van der Waals surface area contributed by atoms with Crippen LogP contribution in [0.15, 0.2) is 5.11 Å². The van der Waals surface area contributed by atoms with E-state index in [2.05, 4.69) is 10.0 Å². The van der Waals surface area contributed by atoms with E-state index in [4.69, 9.17) is 10.3 Å². The number of fused-ring (bicyclic) bond motifs is 1. The maximum atomic E-state index is 10.9. The third-order valence-electron chi connectivity index (χ3n) is 3.82. The van der Waals surface area contributed by atoms with Gasteiger partial charge in [0.05, 0.1) is 0 Å². The van der Waals surface area contributed by atoms with Crippen molar-refractivity contribution in [1.29, 1.82) is 0 Å². The van der Waals surface area contributed by atoms with Crippen LogP contribution in [-0.4, -0.2) is 17.6 Å². The maximum Gasteiger partial charge on any atom is 0.302 e. The third-order valence-corrected chi connectivity index (χ3v) is 3.82. The lowest BCUT2D eigenvalue weighted by molar-refractivity contribution is -0.146. The molecule has 5 heteroatoms. The second-order valence-electron chi connectivity index (χ2n) is 5.32. The van der Waals surface area contributed by atoms with Gasteiger partial charge in [0.2, 0.25) is 0 Å². The van der Waals surface area contributed by atoms with Crippen LogP contribution in [-0.2, 0) is 9.53 Å². The average molecular weight is 223 g/mol. The number of rotatable bonds is 2. The quantitative estimate of drug-likeness (QED) is 0.312. The minimum absolute atomic E-state index is 0.0862. The zero-order chi connectivity index (χ0) is 11.8. The van der Waals surface area contributed by atoms with E-state index in [1.165, 1.54) is 6.92 Å². The SMILES string of the molecule is CC(=O)O[C@H]1C[C@@H]2C[C@](C)(N=[N+]=[N-])C[C@@H]2C1. The summed E-state index contributed by atoms with van der Waals surface area (Å²) in [6.07, 6.45) is 3.81. The van der Waals surface area contributed by atoms with E-state index >= 15 is 0 Å². The van der Waals surface area contributed by atoms with Gasteiger partial charge < -0.3 is 4.74 Å². The Balaban J connectivity index is 1.95. The first-order valence-corrected chi connectivity index (χ1v) is 5.76. The van der Waals surface area contributed by atoms with Gasteiger partial charge in [0.25, 0.3) is 0 Å². The van der Waals surface area contributed by atoms with Crippen molar-refractivity contribution in [2.24, 2.45) is 17.0 Å². The van der Waals surface area contributed by atoms with Crippen molar-refractivity contribution in [3.8, 4) is 0 Å². The molecule has 0 aromatic heterocycles. The molecule has 0 amide bonds. The Morgan fingerprint density at radius 3 is 2.44 bits per heavy atom. The van der Waals surface area contributed by atoms with Gasteiger partial charge in [0, 0.05) is 17.4 Å². The molecule has 0 heterocycles. The first-order valence-electron chi connectivity index (χ1n) is 5.76. The van der Waals surface area contributed by atoms with Crippen molar-refractivity contribution in [3.63, 3.8) is 0 Å². The number of carbonyl (C=O) groups excluding carboxylic acids is 1. The number of ether oxygens (including phenoxy) is 1. The standard InChI is InChI=1S/C11H17N3O2/c1-7(15)16-10-3-8-5-11(2,13-14-12)6-9(8)4-10/h8-10H,3-6H2,1-2H3/t8-,9+,10+,11+. The Hall–Kier alpha value is -1.22. The summed E-state index contributed by atoms with van der Waals surface area (Å²) in [5.74, 6) is 0.919. The van der Waals surface area contributed by atoms with Crippen molar-refractivity contribution in [2.45, 2.75) is 51.2 Å². The van der Waals surface area contributed by atoms with Gasteiger partial charge in [-0.2, -0.15) is 0 Å². The molecule has 5 nitrogen and oxygen atoms in total. The molecule has 0 bridgehead atoms. The number of hydrogen-bond donors (Lipinski definition) is 0. The third kappa shape index (κ3) is 2.14. The molecule has 0 aromatic rings. The molecule has 88 valence electrons. The van der Waals surface area contributed by atoms with E-state index in [0.717, 1.165) is 25.7 Å². The predicted molar refractivity (Wildman–Crippen MR) is 58.6 cm³/mol. The zero-order valence-corrected chi connectivity index (χ0v) is 9.72. The van der Waals surface area contributed by atoms with Crippen LogP contribution < -0.4 is 0 Å². The fraction of sp³-hybridized carbons (Fsp3) is 0.909. The first-order chi connectivity index (χ1) is 7.52. The normalized spacial score (nSPS) is 41.2. The van der Waals surface area contributed by atoms with Gasteiger partial charge in [-0.15, -0.1) is 0 Å². The van der Waals surface area contributed by atoms with Gasteiger partial charge >= 0.3 is 5.97 Å². The molecule has 0 saturated heterocycles. The Bertz CT molecular complexity index is 335. The van der Waals surface area contributed by atoms with Crippen LogP contribution in [0.25, 0.3) is 10.4 Å². The molecule has 0 N–H and O–H groups in total. The zero-order valence-electron chi connectivity index (χ0n) is 9.72. The van der Waals surface area contributed by atoms with Gasteiger partial charge in [0.15, 0.2) is 0 Å². The lowest BCUT2D eigenvalue weighted by Crippen LogP contribution is -2.20. The monoisotopic (exact) mass is 223 g/mol. The van der Waals surface area contributed by atoms with Crippen LogP contribution in [0, 0.1) is 11.8 Å². The molecule has 0 radical (unpaired) electrons. The summed E-state index contributed by atoms with van der Waals surface area (Å²) >= 11 is 0. The topological polar surface area (TPSA) is 75.1 Å². The Kier molecular flexibility index (Phi) is 2.80. The molecule has 0 spiro atoms. The second kappa shape index (κ2) is 3.98. The van der Waals surface area contributed by atoms with Gasteiger partial charge in [0.1, 0.15) is 6.10 Å². The lowest BCUT2D eigenvalue weighted by Gasteiger charge is -2.19. The molecule has 4 atom stereocenters. The molecule has 2 aliphatic rings. The summed E-state index contributed by atoms with van der Waals surface area (Å²) in [5, 5.41) is 3.90. The summed E-state index contributed by atoms with van der Waals surface area (Å²) in [4.78, 5) is 13.8. The molecule has 2 saturated carbocycles. The van der Waals surface area contributed by atoms with Crippen LogP contribution in [0.4, 0.5) is 0 Å². The van der Waals surface area contributed by atoms with Crippen LogP contribution in [0.2, 0.25) is 0 Å². The Labute approximate surface area is 94.8 Å². The van der Waals surface area contributed by atoms with E-state index in [1.54, 1.807) is 0 Å². The minimum atomic E-state index is -0.217. The van der Waals surface area contributed by atoms with Crippen molar-refractivity contribution in [2.75, 3.05) is 0 Å². The maximum absolute atomic E-state index is 10.9. The van der Waals surface area contributed by atoms with Gasteiger partial charge in [-0.1, -0.05) is 12.0 Å². The average Bonchev–Trinajstić information content (AvgIpc) is 2.57. The van der Waals surface area contributed by atoms with Gasteiger partial charge in [-0.25, -0.2) is 0 Å². The molecule has 0 aromatic carbocycles. The number of nitrogens with zero attached hydrogens (tertiary/aromatic N) is 3. The second-order valence-corrected chi connectivity index (χ2v) is 5.32. The molecule has 2 rings (SSSR count). The molecule has 2 fully saturated rings. The fourth-order valence-corrected chi connectivity index (χ4v) is 3.39. The summed E-state index contributed by atoms with van der Waals surface area (Å²) in [6, 6.07) is 0. The number of carbonyl (C=O) groups is 1. The highest BCUT2D eigenvalue weighted by molar-refractivity contribution is 5.66. The minimum Gasteiger partial charge on any atom is -0.463 e. The molecular formula is C11H17N3O2. The van der Waals surface area contributed by atoms with Gasteiger partial charge in [-0.3, -0.25) is 4.79 Å². The highest BCUT2D eigenvalue weighted by Gasteiger charge is 2.47. The van der Waals surface area contributed by atoms with E-state index in [1.807, 2.05) is 6.92 Å². The number of azide groups is 1. The summed E-state index contributed by atoms with van der Waals surface area (Å²) in [7, 11) is 0. The Morgan fingerprint density at radius 2 is 2.00 bits per heavy atom. The van der Waals surface area contributed by atoms with E-state index < -0.39 is 0 Å². The summed E-state index contributed by atoms with van der Waals surface area (Å²) in [6.45, 7) is 3.48. The van der Waals surface area contributed by atoms with Crippen molar-refractivity contribution in [1.82, 2.24) is 0 Å². The molecule has 0 aliphatic heterocycles. The van der Waals surface area contributed by atoms with Crippen LogP contribution >= 0.6 is 0 Å². The first kappa shape index (κ1) is 11.3. The largest absolute Gasteiger partial charge is 0.463 e. The highest BCUT2D eigenvalue weighted by atomic mass is 16.5. The highest BCUT2D eigenvalue weighted by Crippen LogP contribution is 2.50.